The lowest BCUT2D eigenvalue weighted by molar-refractivity contribution is 0.422. The van der Waals surface area contributed by atoms with Gasteiger partial charge >= 0.3 is 0 Å². The molecule has 0 heterocycles. The first kappa shape index (κ1) is 11.3. The quantitative estimate of drug-likeness (QED) is 0.502. The zero-order valence-corrected chi connectivity index (χ0v) is 8.51. The van der Waals surface area contributed by atoms with E-state index in [0.29, 0.717) is 5.96 Å². The molecule has 3 nitrogen and oxygen atoms in total. The molecule has 3 heteroatoms. The van der Waals surface area contributed by atoms with Gasteiger partial charge in [0.15, 0.2) is 5.96 Å². The second kappa shape index (κ2) is 6.95. The Kier molecular flexibility index (Phi) is 6.53. The molecule has 0 fully saturated rings. The highest BCUT2D eigenvalue weighted by Gasteiger charge is 2.02. The van der Waals surface area contributed by atoms with Gasteiger partial charge in [0.2, 0.25) is 0 Å². The molecule has 0 aliphatic rings. The van der Waals surface area contributed by atoms with Gasteiger partial charge < -0.3 is 10.6 Å². The molecule has 0 bridgehead atoms. The van der Waals surface area contributed by atoms with Gasteiger partial charge in [0.25, 0.3) is 0 Å². The Morgan fingerprint density at radius 1 is 1.33 bits per heavy atom. The Bertz CT molecular complexity index is 132. The van der Waals surface area contributed by atoms with Crippen LogP contribution < -0.4 is 5.73 Å². The summed E-state index contributed by atoms with van der Waals surface area (Å²) in [5, 5.41) is 0. The van der Waals surface area contributed by atoms with Crippen LogP contribution in [0.4, 0.5) is 0 Å². The number of aliphatic imine (C=N–C) groups is 1. The second-order valence-corrected chi connectivity index (χ2v) is 2.77. The van der Waals surface area contributed by atoms with Crippen LogP contribution in [0.15, 0.2) is 4.99 Å². The fourth-order valence-electron chi connectivity index (χ4n) is 1.05. The Balaban J connectivity index is 3.87. The van der Waals surface area contributed by atoms with Crippen LogP contribution in [-0.4, -0.2) is 30.5 Å². The lowest BCUT2D eigenvalue weighted by Crippen LogP contribution is -2.37. The average molecular weight is 171 g/mol. The van der Waals surface area contributed by atoms with E-state index in [4.69, 9.17) is 5.73 Å². The lowest BCUT2D eigenvalue weighted by atomic mass is 10.3. The fraction of sp³-hybridized carbons (Fsp3) is 0.889. The molecule has 72 valence electrons. The van der Waals surface area contributed by atoms with Gasteiger partial charge in [-0.25, -0.2) is 0 Å². The summed E-state index contributed by atoms with van der Waals surface area (Å²) >= 11 is 0. The van der Waals surface area contributed by atoms with Crippen molar-refractivity contribution in [2.24, 2.45) is 10.7 Å². The highest BCUT2D eigenvalue weighted by atomic mass is 15.2. The van der Waals surface area contributed by atoms with E-state index in [-0.39, 0.29) is 0 Å². The smallest absolute Gasteiger partial charge is 0.191 e. The SMILES string of the molecule is CCCCN(CC)C(N)=NCC. The summed E-state index contributed by atoms with van der Waals surface area (Å²) in [6, 6.07) is 0. The van der Waals surface area contributed by atoms with Crippen LogP contribution in [0.1, 0.15) is 33.6 Å². The van der Waals surface area contributed by atoms with Crippen molar-refractivity contribution in [1.29, 1.82) is 0 Å². The van der Waals surface area contributed by atoms with Crippen molar-refractivity contribution < 1.29 is 0 Å². The van der Waals surface area contributed by atoms with Crippen LogP contribution in [0.5, 0.6) is 0 Å². The molecule has 0 atom stereocenters. The summed E-state index contributed by atoms with van der Waals surface area (Å²) in [5.74, 6) is 0.688. The van der Waals surface area contributed by atoms with Crippen molar-refractivity contribution >= 4 is 5.96 Å². The summed E-state index contributed by atoms with van der Waals surface area (Å²) in [6.07, 6.45) is 2.39. The van der Waals surface area contributed by atoms with Gasteiger partial charge in [-0.15, -0.1) is 0 Å². The van der Waals surface area contributed by atoms with Crippen molar-refractivity contribution in [2.75, 3.05) is 19.6 Å². The molecule has 0 aromatic rings. The Morgan fingerprint density at radius 2 is 2.00 bits per heavy atom. The minimum absolute atomic E-state index is 0.688. The largest absolute Gasteiger partial charge is 0.370 e. The molecule has 2 N–H and O–H groups in total. The number of hydrogen-bond acceptors (Lipinski definition) is 1. The second-order valence-electron chi connectivity index (χ2n) is 2.77. The van der Waals surface area contributed by atoms with E-state index in [9.17, 15) is 0 Å². The van der Waals surface area contributed by atoms with Crippen molar-refractivity contribution in [3.8, 4) is 0 Å². The molecule has 0 aliphatic carbocycles. The number of unbranched alkanes of at least 4 members (excludes halogenated alkanes) is 1. The highest BCUT2D eigenvalue weighted by Crippen LogP contribution is 1.94. The molecule has 0 amide bonds. The van der Waals surface area contributed by atoms with Gasteiger partial charge in [0.05, 0.1) is 0 Å². The van der Waals surface area contributed by atoms with Crippen LogP contribution in [0.2, 0.25) is 0 Å². The number of nitrogens with two attached hydrogens (primary N) is 1. The number of nitrogens with zero attached hydrogens (tertiary/aromatic N) is 2. The highest BCUT2D eigenvalue weighted by molar-refractivity contribution is 5.77. The molecule has 0 spiro atoms. The predicted octanol–water partition coefficient (Wildman–Crippen LogP) is 1.44. The average Bonchev–Trinajstić information content (AvgIpc) is 2.06. The molecule has 0 saturated carbocycles. The predicted molar refractivity (Wildman–Crippen MR) is 54.3 cm³/mol. The number of hydrogen-bond donors (Lipinski definition) is 1. The third kappa shape index (κ3) is 4.21. The van der Waals surface area contributed by atoms with Crippen LogP contribution >= 0.6 is 0 Å². The maximum Gasteiger partial charge on any atom is 0.191 e. The van der Waals surface area contributed by atoms with Gasteiger partial charge in [-0.05, 0) is 20.3 Å². The van der Waals surface area contributed by atoms with Gasteiger partial charge in [0, 0.05) is 19.6 Å². The molecular weight excluding hydrogens is 150 g/mol. The topological polar surface area (TPSA) is 41.6 Å². The van der Waals surface area contributed by atoms with E-state index in [1.54, 1.807) is 0 Å². The summed E-state index contributed by atoms with van der Waals surface area (Å²) in [5.41, 5.74) is 5.76. The molecule has 0 aromatic carbocycles. The van der Waals surface area contributed by atoms with Crippen molar-refractivity contribution in [3.63, 3.8) is 0 Å². The van der Waals surface area contributed by atoms with Crippen LogP contribution in [-0.2, 0) is 0 Å². The molecule has 0 unspecified atom stereocenters. The molecule has 0 rings (SSSR count). The van der Waals surface area contributed by atoms with Crippen molar-refractivity contribution in [2.45, 2.75) is 33.6 Å². The summed E-state index contributed by atoms with van der Waals surface area (Å²) in [4.78, 5) is 6.29. The summed E-state index contributed by atoms with van der Waals surface area (Å²) in [6.45, 7) is 9.04. The first-order chi connectivity index (χ1) is 5.76. The minimum atomic E-state index is 0.688. The number of rotatable bonds is 5. The fourth-order valence-corrected chi connectivity index (χ4v) is 1.05. The summed E-state index contributed by atoms with van der Waals surface area (Å²) < 4.78 is 0. The maximum atomic E-state index is 5.76. The van der Waals surface area contributed by atoms with Crippen LogP contribution in [0.3, 0.4) is 0 Å². The van der Waals surface area contributed by atoms with Gasteiger partial charge in [-0.2, -0.15) is 0 Å². The van der Waals surface area contributed by atoms with E-state index in [2.05, 4.69) is 23.7 Å². The number of guanidine groups is 1. The van der Waals surface area contributed by atoms with E-state index >= 15 is 0 Å². The zero-order valence-electron chi connectivity index (χ0n) is 8.51. The van der Waals surface area contributed by atoms with Crippen molar-refractivity contribution in [1.82, 2.24) is 4.90 Å². The maximum absolute atomic E-state index is 5.76. The van der Waals surface area contributed by atoms with Crippen LogP contribution in [0, 0.1) is 0 Å². The standard InChI is InChI=1S/C9H21N3/c1-4-7-8-12(6-3)9(10)11-5-2/h4-8H2,1-3H3,(H2,10,11). The van der Waals surface area contributed by atoms with Gasteiger partial charge in [0.1, 0.15) is 0 Å². The van der Waals surface area contributed by atoms with Crippen LogP contribution in [0.25, 0.3) is 0 Å². The van der Waals surface area contributed by atoms with Gasteiger partial charge in [-0.1, -0.05) is 13.3 Å². The summed E-state index contributed by atoms with van der Waals surface area (Å²) in [7, 11) is 0. The first-order valence-corrected chi connectivity index (χ1v) is 4.81. The monoisotopic (exact) mass is 171 g/mol. The first-order valence-electron chi connectivity index (χ1n) is 4.81. The molecule has 0 aliphatic heterocycles. The van der Waals surface area contributed by atoms with E-state index < -0.39 is 0 Å². The van der Waals surface area contributed by atoms with Gasteiger partial charge in [-0.3, -0.25) is 4.99 Å². The lowest BCUT2D eigenvalue weighted by Gasteiger charge is -2.21. The third-order valence-electron chi connectivity index (χ3n) is 1.81. The molecule has 0 saturated heterocycles. The molecular formula is C9H21N3. The third-order valence-corrected chi connectivity index (χ3v) is 1.81. The Morgan fingerprint density at radius 3 is 2.42 bits per heavy atom. The minimum Gasteiger partial charge on any atom is -0.370 e. The Hall–Kier alpha value is -0.730. The van der Waals surface area contributed by atoms with E-state index in [1.165, 1.54) is 12.8 Å². The van der Waals surface area contributed by atoms with E-state index in [1.807, 2.05) is 6.92 Å². The van der Waals surface area contributed by atoms with Crippen molar-refractivity contribution in [3.05, 3.63) is 0 Å². The molecule has 0 aromatic heterocycles. The zero-order chi connectivity index (χ0) is 9.40. The molecule has 0 radical (unpaired) electrons. The van der Waals surface area contributed by atoms with E-state index in [0.717, 1.165) is 19.6 Å². The normalized spacial score (nSPS) is 11.8. The Labute approximate surface area is 75.7 Å². The molecule has 12 heavy (non-hydrogen) atoms.